The molecule has 0 atom stereocenters. The molecule has 1 fully saturated rings. The second-order valence-electron chi connectivity index (χ2n) is 6.55. The van der Waals surface area contributed by atoms with E-state index in [9.17, 15) is 0 Å². The van der Waals surface area contributed by atoms with Crippen molar-refractivity contribution in [1.82, 2.24) is 14.9 Å². The highest BCUT2D eigenvalue weighted by atomic mass is 32.1. The molecule has 27 heavy (non-hydrogen) atoms. The summed E-state index contributed by atoms with van der Waals surface area (Å²) in [6.45, 7) is 7.67. The van der Waals surface area contributed by atoms with Crippen LogP contribution in [0.25, 0.3) is 10.6 Å². The summed E-state index contributed by atoms with van der Waals surface area (Å²) in [6.07, 6.45) is 1.86. The summed E-state index contributed by atoms with van der Waals surface area (Å²) in [6, 6.07) is 14.3. The fourth-order valence-electron chi connectivity index (χ4n) is 3.28. The van der Waals surface area contributed by atoms with Crippen LogP contribution in [-0.2, 0) is 6.54 Å². The normalized spacial score (nSPS) is 15.1. The summed E-state index contributed by atoms with van der Waals surface area (Å²) in [4.78, 5) is 14.1. The molecule has 0 saturated carbocycles. The molecule has 0 unspecified atom stereocenters. The first-order chi connectivity index (χ1) is 13.3. The van der Waals surface area contributed by atoms with Gasteiger partial charge in [0.2, 0.25) is 0 Å². The smallest absolute Gasteiger partial charge is 0.128 e. The Morgan fingerprint density at radius 3 is 2.56 bits per heavy atom. The van der Waals surface area contributed by atoms with Gasteiger partial charge in [-0.05, 0) is 43.3 Å². The Balaban J connectivity index is 1.33. The Hall–Kier alpha value is -2.44. The molecule has 3 heterocycles. The summed E-state index contributed by atoms with van der Waals surface area (Å²) < 4.78 is 5.51. The van der Waals surface area contributed by atoms with E-state index < -0.39 is 0 Å². The third-order valence-corrected chi connectivity index (χ3v) is 5.64. The Kier molecular flexibility index (Phi) is 5.65. The number of thiazole rings is 1. The van der Waals surface area contributed by atoms with Gasteiger partial charge in [-0.15, -0.1) is 11.3 Å². The molecule has 0 spiro atoms. The lowest BCUT2D eigenvalue weighted by Gasteiger charge is -2.35. The van der Waals surface area contributed by atoms with Gasteiger partial charge in [0.1, 0.15) is 16.6 Å². The van der Waals surface area contributed by atoms with Crippen molar-refractivity contribution in [2.24, 2.45) is 0 Å². The predicted octanol–water partition coefficient (Wildman–Crippen LogP) is 3.93. The minimum atomic E-state index is 0.689. The number of ether oxygens (including phenoxy) is 1. The molecule has 3 aromatic rings. The van der Waals surface area contributed by atoms with Gasteiger partial charge in [0.25, 0.3) is 0 Å². The first-order valence-corrected chi connectivity index (χ1v) is 10.3. The molecular formula is C21H24N4OS. The molecule has 0 N–H and O–H groups in total. The monoisotopic (exact) mass is 380 g/mol. The summed E-state index contributed by atoms with van der Waals surface area (Å²) in [5, 5.41) is 3.25. The van der Waals surface area contributed by atoms with Crippen LogP contribution in [0.1, 0.15) is 12.6 Å². The maximum atomic E-state index is 5.51. The van der Waals surface area contributed by atoms with E-state index in [1.807, 2.05) is 37.4 Å². The molecule has 140 valence electrons. The summed E-state index contributed by atoms with van der Waals surface area (Å²) >= 11 is 1.71. The van der Waals surface area contributed by atoms with Crippen LogP contribution in [0.4, 0.5) is 5.82 Å². The van der Waals surface area contributed by atoms with Crippen molar-refractivity contribution in [3.63, 3.8) is 0 Å². The number of benzene rings is 1. The summed E-state index contributed by atoms with van der Waals surface area (Å²) in [5.74, 6) is 1.98. The van der Waals surface area contributed by atoms with Gasteiger partial charge in [0.15, 0.2) is 0 Å². The Morgan fingerprint density at radius 1 is 1.04 bits per heavy atom. The number of piperazine rings is 1. The van der Waals surface area contributed by atoms with Crippen LogP contribution < -0.4 is 9.64 Å². The highest BCUT2D eigenvalue weighted by molar-refractivity contribution is 7.13. The number of hydrogen-bond acceptors (Lipinski definition) is 6. The first kappa shape index (κ1) is 17.9. The van der Waals surface area contributed by atoms with Gasteiger partial charge in [0, 0.05) is 49.9 Å². The van der Waals surface area contributed by atoms with E-state index in [-0.39, 0.29) is 0 Å². The van der Waals surface area contributed by atoms with E-state index in [0.29, 0.717) is 6.61 Å². The fourth-order valence-corrected chi connectivity index (χ4v) is 4.09. The van der Waals surface area contributed by atoms with Crippen molar-refractivity contribution < 1.29 is 4.74 Å². The van der Waals surface area contributed by atoms with Crippen LogP contribution in [0, 0.1) is 0 Å². The van der Waals surface area contributed by atoms with Crippen LogP contribution in [0.2, 0.25) is 0 Å². The van der Waals surface area contributed by atoms with E-state index in [1.54, 1.807) is 11.3 Å². The first-order valence-electron chi connectivity index (χ1n) is 9.38. The van der Waals surface area contributed by atoms with Crippen LogP contribution >= 0.6 is 11.3 Å². The lowest BCUT2D eigenvalue weighted by molar-refractivity contribution is 0.247. The number of pyridine rings is 1. The summed E-state index contributed by atoms with van der Waals surface area (Å²) in [7, 11) is 0. The van der Waals surface area contributed by atoms with E-state index in [0.717, 1.165) is 60.6 Å². The second kappa shape index (κ2) is 8.50. The van der Waals surface area contributed by atoms with Crippen molar-refractivity contribution in [2.45, 2.75) is 13.5 Å². The van der Waals surface area contributed by atoms with Crippen LogP contribution in [0.5, 0.6) is 5.75 Å². The molecule has 4 rings (SSSR count). The third kappa shape index (κ3) is 4.46. The molecule has 6 heteroatoms. The number of anilines is 1. The zero-order valence-electron chi connectivity index (χ0n) is 15.5. The minimum Gasteiger partial charge on any atom is -0.494 e. The van der Waals surface area contributed by atoms with Crippen LogP contribution in [-0.4, -0.2) is 47.7 Å². The highest BCUT2D eigenvalue weighted by Crippen LogP contribution is 2.26. The molecule has 0 amide bonds. The maximum Gasteiger partial charge on any atom is 0.128 e. The van der Waals surface area contributed by atoms with Crippen LogP contribution in [0.15, 0.2) is 54.0 Å². The van der Waals surface area contributed by atoms with Gasteiger partial charge < -0.3 is 9.64 Å². The van der Waals surface area contributed by atoms with Gasteiger partial charge >= 0.3 is 0 Å². The Morgan fingerprint density at radius 2 is 1.85 bits per heavy atom. The van der Waals surface area contributed by atoms with Crippen molar-refractivity contribution >= 4 is 17.2 Å². The quantitative estimate of drug-likeness (QED) is 0.648. The van der Waals surface area contributed by atoms with Crippen LogP contribution in [0.3, 0.4) is 0 Å². The van der Waals surface area contributed by atoms with E-state index >= 15 is 0 Å². The van der Waals surface area contributed by atoms with Gasteiger partial charge in [-0.2, -0.15) is 0 Å². The molecule has 1 aliphatic rings. The second-order valence-corrected chi connectivity index (χ2v) is 7.41. The van der Waals surface area contributed by atoms with Gasteiger partial charge in [-0.3, -0.25) is 4.90 Å². The SMILES string of the molecule is CCOc1ccc(-c2nc(CN3CCN(c4ccccn4)CC3)cs2)cc1. The largest absolute Gasteiger partial charge is 0.494 e. The average Bonchev–Trinajstić information content (AvgIpc) is 3.18. The third-order valence-electron chi connectivity index (χ3n) is 4.70. The van der Waals surface area contributed by atoms with Crippen molar-refractivity contribution in [2.75, 3.05) is 37.7 Å². The Bertz CT molecular complexity index is 842. The molecule has 1 aliphatic heterocycles. The Labute approximate surface area is 164 Å². The summed E-state index contributed by atoms with van der Waals surface area (Å²) in [5.41, 5.74) is 2.30. The van der Waals surface area contributed by atoms with Crippen molar-refractivity contribution in [3.8, 4) is 16.3 Å². The van der Waals surface area contributed by atoms with Gasteiger partial charge in [-0.25, -0.2) is 9.97 Å². The predicted molar refractivity (Wildman–Crippen MR) is 110 cm³/mol. The van der Waals surface area contributed by atoms with Crippen molar-refractivity contribution in [1.29, 1.82) is 0 Å². The fraction of sp³-hybridized carbons (Fsp3) is 0.333. The molecule has 1 aromatic carbocycles. The van der Waals surface area contributed by atoms with E-state index in [4.69, 9.17) is 9.72 Å². The molecule has 5 nitrogen and oxygen atoms in total. The van der Waals surface area contributed by atoms with Crippen molar-refractivity contribution in [3.05, 3.63) is 59.7 Å². The lowest BCUT2D eigenvalue weighted by Crippen LogP contribution is -2.46. The zero-order chi connectivity index (χ0) is 18.5. The molecule has 0 bridgehead atoms. The number of rotatable bonds is 6. The molecule has 1 saturated heterocycles. The highest BCUT2D eigenvalue weighted by Gasteiger charge is 2.18. The average molecular weight is 381 g/mol. The topological polar surface area (TPSA) is 41.5 Å². The number of hydrogen-bond donors (Lipinski definition) is 0. The number of aromatic nitrogens is 2. The zero-order valence-corrected chi connectivity index (χ0v) is 16.4. The molecule has 2 aromatic heterocycles. The van der Waals surface area contributed by atoms with E-state index in [1.165, 1.54) is 0 Å². The molecular weight excluding hydrogens is 356 g/mol. The van der Waals surface area contributed by atoms with Gasteiger partial charge in [-0.1, -0.05) is 6.07 Å². The van der Waals surface area contributed by atoms with E-state index in [2.05, 4.69) is 38.4 Å². The standard InChI is InChI=1S/C21H24N4OS/c1-2-26-19-8-6-17(7-9-19)21-23-18(16-27-21)15-24-11-13-25(14-12-24)20-5-3-4-10-22-20/h3-10,16H,2,11-15H2,1H3. The maximum absolute atomic E-state index is 5.51. The lowest BCUT2D eigenvalue weighted by atomic mass is 10.2. The molecule has 0 aliphatic carbocycles. The molecule has 0 radical (unpaired) electrons. The number of nitrogens with zero attached hydrogens (tertiary/aromatic N) is 4. The van der Waals surface area contributed by atoms with Gasteiger partial charge in [0.05, 0.1) is 12.3 Å². The minimum absolute atomic E-state index is 0.689.